The molecule has 1 fully saturated rings. The number of hydrogen-bond acceptors (Lipinski definition) is 3. The maximum absolute atomic E-state index is 10.7. The van der Waals surface area contributed by atoms with Gasteiger partial charge in [0.1, 0.15) is 6.04 Å². The van der Waals surface area contributed by atoms with Gasteiger partial charge in [0.05, 0.1) is 13.2 Å². The Kier molecular flexibility index (Phi) is 3.05. The first-order valence-electron chi connectivity index (χ1n) is 4.19. The van der Waals surface area contributed by atoms with Crippen molar-refractivity contribution in [2.75, 3.05) is 19.8 Å². The van der Waals surface area contributed by atoms with E-state index in [0.29, 0.717) is 19.8 Å². The molecule has 1 N–H and O–H groups in total. The molecule has 1 heterocycles. The molecule has 0 aromatic rings. The van der Waals surface area contributed by atoms with Gasteiger partial charge in [-0.3, -0.25) is 9.69 Å². The predicted octanol–water partition coefficient (Wildman–Crippen LogP) is 0.180. The molecule has 1 rings (SSSR count). The summed E-state index contributed by atoms with van der Waals surface area (Å²) in [6, 6.07) is -0.186. The highest BCUT2D eigenvalue weighted by atomic mass is 16.5. The van der Waals surface area contributed by atoms with Gasteiger partial charge in [0.2, 0.25) is 0 Å². The van der Waals surface area contributed by atoms with Crippen molar-refractivity contribution in [2.24, 2.45) is 0 Å². The molecule has 0 aliphatic carbocycles. The molecule has 1 atom stereocenters. The molecule has 4 heteroatoms. The highest BCUT2D eigenvalue weighted by molar-refractivity contribution is 5.73. The Balaban J connectivity index is 2.60. The summed E-state index contributed by atoms with van der Waals surface area (Å²) in [5.41, 5.74) is 0. The molecule has 0 saturated carbocycles. The maximum atomic E-state index is 10.7. The summed E-state index contributed by atoms with van der Waals surface area (Å²) in [7, 11) is 0. The Morgan fingerprint density at radius 2 is 2.33 bits per heavy atom. The van der Waals surface area contributed by atoms with E-state index in [-0.39, 0.29) is 6.04 Å². The van der Waals surface area contributed by atoms with Gasteiger partial charge in [-0.2, -0.15) is 0 Å². The summed E-state index contributed by atoms with van der Waals surface area (Å²) >= 11 is 0. The van der Waals surface area contributed by atoms with Gasteiger partial charge >= 0.3 is 5.97 Å². The zero-order valence-corrected chi connectivity index (χ0v) is 7.49. The molecule has 0 amide bonds. The lowest BCUT2D eigenvalue weighted by Crippen LogP contribution is -2.52. The van der Waals surface area contributed by atoms with Crippen LogP contribution in [0.15, 0.2) is 0 Å². The van der Waals surface area contributed by atoms with Crippen LogP contribution >= 0.6 is 0 Å². The van der Waals surface area contributed by atoms with Crippen LogP contribution in [0.25, 0.3) is 0 Å². The summed E-state index contributed by atoms with van der Waals surface area (Å²) in [5, 5.41) is 8.84. The predicted molar refractivity (Wildman–Crippen MR) is 44.1 cm³/mol. The molecule has 0 spiro atoms. The van der Waals surface area contributed by atoms with E-state index in [1.807, 2.05) is 18.7 Å². The van der Waals surface area contributed by atoms with Crippen molar-refractivity contribution >= 4 is 5.97 Å². The second kappa shape index (κ2) is 3.87. The summed E-state index contributed by atoms with van der Waals surface area (Å²) in [4.78, 5) is 12.7. The third kappa shape index (κ3) is 1.95. The van der Waals surface area contributed by atoms with E-state index in [0.717, 1.165) is 0 Å². The zero-order valence-electron chi connectivity index (χ0n) is 7.49. The van der Waals surface area contributed by atoms with Crippen LogP contribution < -0.4 is 0 Å². The van der Waals surface area contributed by atoms with E-state index < -0.39 is 12.0 Å². The van der Waals surface area contributed by atoms with Crippen molar-refractivity contribution in [2.45, 2.75) is 25.9 Å². The lowest BCUT2D eigenvalue weighted by molar-refractivity contribution is -0.151. The molecular formula is C8H15NO3. The fraction of sp³-hybridized carbons (Fsp3) is 0.875. The zero-order chi connectivity index (χ0) is 9.14. The van der Waals surface area contributed by atoms with Gasteiger partial charge in [0, 0.05) is 12.6 Å². The van der Waals surface area contributed by atoms with Gasteiger partial charge < -0.3 is 9.84 Å². The first kappa shape index (κ1) is 9.48. The van der Waals surface area contributed by atoms with Gasteiger partial charge in [-0.25, -0.2) is 0 Å². The number of morpholine rings is 1. The van der Waals surface area contributed by atoms with E-state index >= 15 is 0 Å². The number of carbonyl (C=O) groups is 1. The molecular weight excluding hydrogens is 158 g/mol. The Labute approximate surface area is 72.1 Å². The molecule has 12 heavy (non-hydrogen) atoms. The molecule has 70 valence electrons. The van der Waals surface area contributed by atoms with Crippen LogP contribution in [-0.4, -0.2) is 47.8 Å². The summed E-state index contributed by atoms with van der Waals surface area (Å²) < 4.78 is 5.10. The Morgan fingerprint density at radius 1 is 1.67 bits per heavy atom. The fourth-order valence-electron chi connectivity index (χ4n) is 1.45. The highest BCUT2D eigenvalue weighted by Gasteiger charge is 2.30. The van der Waals surface area contributed by atoms with Crippen molar-refractivity contribution in [3.05, 3.63) is 0 Å². The Bertz CT molecular complexity index is 170. The number of nitrogens with zero attached hydrogens (tertiary/aromatic N) is 1. The van der Waals surface area contributed by atoms with Crippen LogP contribution in [0.1, 0.15) is 13.8 Å². The monoisotopic (exact) mass is 173 g/mol. The molecule has 0 radical (unpaired) electrons. The number of ether oxygens (including phenoxy) is 1. The standard InChI is InChI=1S/C8H15NO3/c1-6(2)9-3-4-12-5-7(9)8(10)11/h6-7H,3-5H2,1-2H3,(H,10,11)/t7-/m0/s1. The van der Waals surface area contributed by atoms with Crippen molar-refractivity contribution < 1.29 is 14.6 Å². The van der Waals surface area contributed by atoms with E-state index in [2.05, 4.69) is 0 Å². The van der Waals surface area contributed by atoms with E-state index in [9.17, 15) is 4.79 Å². The van der Waals surface area contributed by atoms with Crippen molar-refractivity contribution in [3.8, 4) is 0 Å². The van der Waals surface area contributed by atoms with Gasteiger partial charge in [-0.1, -0.05) is 0 Å². The quantitative estimate of drug-likeness (QED) is 0.647. The van der Waals surface area contributed by atoms with Crippen LogP contribution in [0.5, 0.6) is 0 Å². The Morgan fingerprint density at radius 3 is 2.75 bits per heavy atom. The molecule has 0 aromatic carbocycles. The normalized spacial score (nSPS) is 26.1. The lowest BCUT2D eigenvalue weighted by Gasteiger charge is -2.35. The summed E-state index contributed by atoms with van der Waals surface area (Å²) in [5.74, 6) is -0.789. The van der Waals surface area contributed by atoms with Gasteiger partial charge in [0.25, 0.3) is 0 Å². The smallest absolute Gasteiger partial charge is 0.323 e. The minimum absolute atomic E-state index is 0.273. The summed E-state index contributed by atoms with van der Waals surface area (Å²) in [6.45, 7) is 5.67. The van der Waals surface area contributed by atoms with Crippen LogP contribution in [0.2, 0.25) is 0 Å². The fourth-order valence-corrected chi connectivity index (χ4v) is 1.45. The Hall–Kier alpha value is -0.610. The number of rotatable bonds is 2. The second-order valence-electron chi connectivity index (χ2n) is 3.26. The third-order valence-electron chi connectivity index (χ3n) is 2.12. The molecule has 0 aromatic heterocycles. The largest absolute Gasteiger partial charge is 0.480 e. The van der Waals surface area contributed by atoms with E-state index in [4.69, 9.17) is 9.84 Å². The van der Waals surface area contributed by atoms with Gasteiger partial charge in [0.15, 0.2) is 0 Å². The third-order valence-corrected chi connectivity index (χ3v) is 2.12. The van der Waals surface area contributed by atoms with Crippen molar-refractivity contribution in [1.29, 1.82) is 0 Å². The van der Waals surface area contributed by atoms with Gasteiger partial charge in [-0.15, -0.1) is 0 Å². The number of aliphatic carboxylic acids is 1. The second-order valence-corrected chi connectivity index (χ2v) is 3.26. The molecule has 0 unspecified atom stereocenters. The molecule has 1 aliphatic heterocycles. The van der Waals surface area contributed by atoms with Crippen LogP contribution in [0, 0.1) is 0 Å². The molecule has 0 bridgehead atoms. The van der Waals surface area contributed by atoms with Crippen LogP contribution in [0.3, 0.4) is 0 Å². The van der Waals surface area contributed by atoms with Crippen LogP contribution in [0.4, 0.5) is 0 Å². The number of carboxylic acid groups (broad SMARTS) is 1. The first-order valence-corrected chi connectivity index (χ1v) is 4.19. The molecule has 1 saturated heterocycles. The first-order chi connectivity index (χ1) is 5.63. The SMILES string of the molecule is CC(C)N1CCOC[C@H]1C(=O)O. The maximum Gasteiger partial charge on any atom is 0.323 e. The average Bonchev–Trinajstić information content (AvgIpc) is 2.04. The molecule has 4 nitrogen and oxygen atoms in total. The van der Waals surface area contributed by atoms with E-state index in [1.165, 1.54) is 0 Å². The topological polar surface area (TPSA) is 49.8 Å². The minimum Gasteiger partial charge on any atom is -0.480 e. The number of hydrogen-bond donors (Lipinski definition) is 1. The number of carboxylic acids is 1. The van der Waals surface area contributed by atoms with Crippen molar-refractivity contribution in [1.82, 2.24) is 4.90 Å². The molecule has 1 aliphatic rings. The minimum atomic E-state index is -0.789. The van der Waals surface area contributed by atoms with E-state index in [1.54, 1.807) is 0 Å². The van der Waals surface area contributed by atoms with Crippen molar-refractivity contribution in [3.63, 3.8) is 0 Å². The summed E-state index contributed by atoms with van der Waals surface area (Å²) in [6.07, 6.45) is 0. The van der Waals surface area contributed by atoms with Crippen LogP contribution in [-0.2, 0) is 9.53 Å². The average molecular weight is 173 g/mol. The van der Waals surface area contributed by atoms with Gasteiger partial charge in [-0.05, 0) is 13.8 Å². The highest BCUT2D eigenvalue weighted by Crippen LogP contribution is 2.10. The lowest BCUT2D eigenvalue weighted by atomic mass is 10.2.